The van der Waals surface area contributed by atoms with E-state index in [1.165, 1.54) is 0 Å². The topological polar surface area (TPSA) is 121 Å². The molecule has 0 unspecified atom stereocenters. The van der Waals surface area contributed by atoms with Crippen molar-refractivity contribution >= 4 is 23.2 Å². The number of fused-ring (bicyclic) bond motifs is 1. The van der Waals surface area contributed by atoms with Gasteiger partial charge in [0.2, 0.25) is 5.91 Å². The maximum absolute atomic E-state index is 13.8. The lowest BCUT2D eigenvalue weighted by molar-refractivity contribution is -0.139. The Hall–Kier alpha value is -4.02. The van der Waals surface area contributed by atoms with Gasteiger partial charge in [0.15, 0.2) is 5.60 Å². The number of methoxy groups -OCH3 is 1. The highest BCUT2D eigenvalue weighted by atomic mass is 16.5. The van der Waals surface area contributed by atoms with Crippen LogP contribution in [0.5, 0.6) is 5.75 Å². The standard InChI is InChI=1S/C29H33N5O5/c1-20(5-3-4-14-32-19-22(13-16-35)30-31-32)29(38)25-17-24(39-2)10-11-26(25)34(28(29)37)18-21-6-8-23(9-7-21)33-15-12-27(33)36/h3,5-11,17,19-20,35,38H,4,12-16,18H2,1-2H3/b5-3+/t20-,29+/m1/s1. The third kappa shape index (κ3) is 5.05. The van der Waals surface area contributed by atoms with Crippen LogP contribution < -0.4 is 14.5 Å². The molecule has 0 spiro atoms. The first kappa shape index (κ1) is 26.6. The number of carbonyl (C=O) groups is 2. The van der Waals surface area contributed by atoms with E-state index in [-0.39, 0.29) is 19.1 Å². The van der Waals surface area contributed by atoms with Gasteiger partial charge in [0.05, 0.1) is 25.0 Å². The summed E-state index contributed by atoms with van der Waals surface area (Å²) in [6.07, 6.45) is 7.26. The first-order valence-electron chi connectivity index (χ1n) is 13.1. The monoisotopic (exact) mass is 531 g/mol. The molecule has 2 atom stereocenters. The highest BCUT2D eigenvalue weighted by Crippen LogP contribution is 2.47. The second-order valence-electron chi connectivity index (χ2n) is 9.95. The molecule has 5 rings (SSSR count). The van der Waals surface area contributed by atoms with Gasteiger partial charge in [0, 0.05) is 55.9 Å². The number of hydrogen-bond acceptors (Lipinski definition) is 7. The Bertz CT molecular complexity index is 1380. The van der Waals surface area contributed by atoms with E-state index in [2.05, 4.69) is 10.3 Å². The zero-order chi connectivity index (χ0) is 27.6. The number of rotatable bonds is 11. The third-order valence-corrected chi connectivity index (χ3v) is 7.48. The Balaban J connectivity index is 1.33. The average molecular weight is 532 g/mol. The van der Waals surface area contributed by atoms with Gasteiger partial charge in [-0.15, -0.1) is 5.10 Å². The summed E-state index contributed by atoms with van der Waals surface area (Å²) in [6, 6.07) is 12.9. The third-order valence-electron chi connectivity index (χ3n) is 7.48. The van der Waals surface area contributed by atoms with Crippen molar-refractivity contribution < 1.29 is 24.5 Å². The van der Waals surface area contributed by atoms with Crippen LogP contribution in [0, 0.1) is 5.92 Å². The normalized spacial score (nSPS) is 19.5. The van der Waals surface area contributed by atoms with E-state index in [1.807, 2.05) is 49.4 Å². The van der Waals surface area contributed by atoms with Crippen LogP contribution in [0.15, 0.2) is 60.8 Å². The predicted molar refractivity (Wildman–Crippen MR) is 145 cm³/mol. The van der Waals surface area contributed by atoms with Crippen LogP contribution in [-0.2, 0) is 34.7 Å². The Kier molecular flexibility index (Phi) is 7.49. The van der Waals surface area contributed by atoms with E-state index >= 15 is 0 Å². The summed E-state index contributed by atoms with van der Waals surface area (Å²) in [4.78, 5) is 28.9. The fourth-order valence-electron chi connectivity index (χ4n) is 5.09. The molecular weight excluding hydrogens is 498 g/mol. The summed E-state index contributed by atoms with van der Waals surface area (Å²) in [5.74, 6) is -0.234. The van der Waals surface area contributed by atoms with Gasteiger partial charge < -0.3 is 24.7 Å². The Morgan fingerprint density at radius 1 is 1.18 bits per heavy atom. The minimum absolute atomic E-state index is 0.0247. The van der Waals surface area contributed by atoms with Crippen molar-refractivity contribution in [1.82, 2.24) is 15.0 Å². The second-order valence-corrected chi connectivity index (χ2v) is 9.95. The highest BCUT2D eigenvalue weighted by Gasteiger charge is 2.52. The minimum atomic E-state index is -1.76. The van der Waals surface area contributed by atoms with Gasteiger partial charge in [0.1, 0.15) is 5.75 Å². The molecule has 39 heavy (non-hydrogen) atoms. The van der Waals surface area contributed by atoms with Gasteiger partial charge in [0.25, 0.3) is 5.91 Å². The van der Waals surface area contributed by atoms with Crippen LogP contribution in [0.4, 0.5) is 11.4 Å². The number of amides is 2. The van der Waals surface area contributed by atoms with Gasteiger partial charge in [-0.25, -0.2) is 0 Å². The molecule has 2 aliphatic heterocycles. The number of aryl methyl sites for hydroxylation is 1. The molecule has 3 aromatic rings. The van der Waals surface area contributed by atoms with Gasteiger partial charge in [-0.05, 0) is 42.3 Å². The highest BCUT2D eigenvalue weighted by molar-refractivity contribution is 6.07. The van der Waals surface area contributed by atoms with E-state index in [0.29, 0.717) is 42.8 Å². The maximum Gasteiger partial charge on any atom is 0.264 e. The second kappa shape index (κ2) is 11.0. The average Bonchev–Trinajstić information content (AvgIpc) is 3.47. The minimum Gasteiger partial charge on any atom is -0.497 e. The maximum atomic E-state index is 13.8. The van der Waals surface area contributed by atoms with Crippen LogP contribution >= 0.6 is 0 Å². The quantitative estimate of drug-likeness (QED) is 0.288. The number of anilines is 2. The van der Waals surface area contributed by atoms with E-state index < -0.39 is 17.4 Å². The van der Waals surface area contributed by atoms with Gasteiger partial charge in [-0.3, -0.25) is 14.3 Å². The molecule has 204 valence electrons. The Morgan fingerprint density at radius 2 is 1.97 bits per heavy atom. The lowest BCUT2D eigenvalue weighted by Gasteiger charge is -2.31. The van der Waals surface area contributed by atoms with Crippen molar-refractivity contribution in [3.8, 4) is 5.75 Å². The van der Waals surface area contributed by atoms with Crippen LogP contribution in [0.1, 0.15) is 36.6 Å². The van der Waals surface area contributed by atoms with Crippen LogP contribution in [0.3, 0.4) is 0 Å². The number of carbonyl (C=O) groups excluding carboxylic acids is 2. The van der Waals surface area contributed by atoms with Crippen molar-refractivity contribution in [3.05, 3.63) is 77.6 Å². The Labute approximate surface area is 227 Å². The van der Waals surface area contributed by atoms with Crippen molar-refractivity contribution in [3.63, 3.8) is 0 Å². The predicted octanol–water partition coefficient (Wildman–Crippen LogP) is 2.58. The van der Waals surface area contributed by atoms with E-state index in [9.17, 15) is 14.7 Å². The fourth-order valence-corrected chi connectivity index (χ4v) is 5.09. The SMILES string of the molecule is COc1ccc2c(c1)[C@@](O)([C@H](C)/C=C/CCn1cc(CCO)nn1)C(=O)N2Cc1ccc(N2CCC2=O)cc1. The Morgan fingerprint density at radius 3 is 2.64 bits per heavy atom. The molecule has 2 aliphatic rings. The summed E-state index contributed by atoms with van der Waals surface area (Å²) in [5, 5.41) is 29.0. The zero-order valence-electron chi connectivity index (χ0n) is 22.2. The number of nitrogens with zero attached hydrogens (tertiary/aromatic N) is 5. The van der Waals surface area contributed by atoms with Gasteiger partial charge in [-0.1, -0.05) is 36.4 Å². The molecule has 0 radical (unpaired) electrons. The molecule has 10 nitrogen and oxygen atoms in total. The number of aliphatic hydroxyl groups excluding tert-OH is 1. The van der Waals surface area contributed by atoms with Crippen LogP contribution in [0.25, 0.3) is 0 Å². The first-order chi connectivity index (χ1) is 18.8. The molecule has 1 fully saturated rings. The number of β-lactam (4-membered cyclic amide) rings is 1. The van der Waals surface area contributed by atoms with Crippen LogP contribution in [0.2, 0.25) is 0 Å². The number of ether oxygens (including phenoxy) is 1. The molecule has 1 saturated heterocycles. The molecular formula is C29H33N5O5. The number of aromatic nitrogens is 3. The summed E-state index contributed by atoms with van der Waals surface area (Å²) in [5.41, 5.74) is 1.86. The fraction of sp³-hybridized carbons (Fsp3) is 0.379. The van der Waals surface area contributed by atoms with Crippen molar-refractivity contribution in [2.24, 2.45) is 5.92 Å². The molecule has 1 aromatic heterocycles. The number of benzene rings is 2. The van der Waals surface area contributed by atoms with E-state index in [1.54, 1.807) is 39.9 Å². The summed E-state index contributed by atoms with van der Waals surface area (Å²) < 4.78 is 7.11. The lowest BCUT2D eigenvalue weighted by Crippen LogP contribution is -2.44. The van der Waals surface area contributed by atoms with Crippen molar-refractivity contribution in [2.75, 3.05) is 30.1 Å². The molecule has 2 N–H and O–H groups in total. The molecule has 0 bridgehead atoms. The summed E-state index contributed by atoms with van der Waals surface area (Å²) >= 11 is 0. The van der Waals surface area contributed by atoms with E-state index in [4.69, 9.17) is 9.84 Å². The molecule has 0 saturated carbocycles. The smallest absolute Gasteiger partial charge is 0.264 e. The summed E-state index contributed by atoms with van der Waals surface area (Å²) in [7, 11) is 1.55. The van der Waals surface area contributed by atoms with Gasteiger partial charge >= 0.3 is 0 Å². The number of aliphatic hydroxyl groups is 2. The molecule has 2 aromatic carbocycles. The molecule has 10 heteroatoms. The molecule has 3 heterocycles. The van der Waals surface area contributed by atoms with Gasteiger partial charge in [-0.2, -0.15) is 0 Å². The largest absolute Gasteiger partial charge is 0.497 e. The van der Waals surface area contributed by atoms with Crippen molar-refractivity contribution in [2.45, 2.75) is 44.9 Å². The molecule has 2 amide bonds. The van der Waals surface area contributed by atoms with Crippen LogP contribution in [-0.4, -0.2) is 57.3 Å². The number of hydrogen-bond donors (Lipinski definition) is 2. The summed E-state index contributed by atoms with van der Waals surface area (Å²) in [6.45, 7) is 3.45. The lowest BCUT2D eigenvalue weighted by atomic mass is 9.83. The number of allylic oxidation sites excluding steroid dienone is 1. The van der Waals surface area contributed by atoms with Crippen molar-refractivity contribution in [1.29, 1.82) is 0 Å². The zero-order valence-corrected chi connectivity index (χ0v) is 22.2. The molecule has 0 aliphatic carbocycles. The first-order valence-corrected chi connectivity index (χ1v) is 13.1. The van der Waals surface area contributed by atoms with E-state index in [0.717, 1.165) is 23.5 Å².